The molecule has 165 valence electrons. The van der Waals surface area contributed by atoms with E-state index >= 15 is 0 Å². The van der Waals surface area contributed by atoms with Crippen LogP contribution in [0.5, 0.6) is 5.75 Å². The Morgan fingerprint density at radius 3 is 2.39 bits per heavy atom. The van der Waals surface area contributed by atoms with E-state index in [1.807, 2.05) is 20.8 Å². The fourth-order valence-electron chi connectivity index (χ4n) is 2.59. The Morgan fingerprint density at radius 1 is 1.19 bits per heavy atom. The molecule has 1 amide bonds. The van der Waals surface area contributed by atoms with E-state index in [1.54, 1.807) is 25.1 Å². The van der Waals surface area contributed by atoms with Crippen LogP contribution in [0.25, 0.3) is 0 Å². The van der Waals surface area contributed by atoms with E-state index in [2.05, 4.69) is 16.7 Å². The minimum absolute atomic E-state index is 0. The normalized spacial score (nSPS) is 11.6. The van der Waals surface area contributed by atoms with Gasteiger partial charge in [-0.2, -0.15) is 6.07 Å². The Kier molecular flexibility index (Phi) is 10.7. The van der Waals surface area contributed by atoms with Gasteiger partial charge in [-0.15, -0.1) is 12.1 Å². The summed E-state index contributed by atoms with van der Waals surface area (Å²) in [5.41, 5.74) is 1.59. The van der Waals surface area contributed by atoms with E-state index in [1.165, 1.54) is 24.3 Å². The van der Waals surface area contributed by atoms with Gasteiger partial charge < -0.3 is 20.5 Å². The predicted molar refractivity (Wildman–Crippen MR) is 117 cm³/mol. The first-order valence-electron chi connectivity index (χ1n) is 9.52. The van der Waals surface area contributed by atoms with Crippen LogP contribution in [0, 0.1) is 6.07 Å². The molecule has 0 heterocycles. The number of anilines is 2. The summed E-state index contributed by atoms with van der Waals surface area (Å²) >= 11 is 0. The summed E-state index contributed by atoms with van der Waals surface area (Å²) in [7, 11) is -3.84. The van der Waals surface area contributed by atoms with E-state index in [0.717, 1.165) is 11.3 Å². The average Bonchev–Trinajstić information content (AvgIpc) is 2.70. The third-order valence-electron chi connectivity index (χ3n) is 4.55. The molecule has 31 heavy (non-hydrogen) atoms. The van der Waals surface area contributed by atoms with E-state index in [-0.39, 0.29) is 62.2 Å². The van der Waals surface area contributed by atoms with Gasteiger partial charge in [0.1, 0.15) is 12.0 Å². The average molecular weight is 520 g/mol. The van der Waals surface area contributed by atoms with Gasteiger partial charge in [-0.05, 0) is 50.6 Å². The Hall–Kier alpha value is -1.90. The monoisotopic (exact) mass is 520 g/mol. The number of phenols is 1. The van der Waals surface area contributed by atoms with Crippen LogP contribution < -0.4 is 10.6 Å². The van der Waals surface area contributed by atoms with Crippen molar-refractivity contribution >= 4 is 27.1 Å². The van der Waals surface area contributed by atoms with Crippen molar-refractivity contribution in [2.24, 2.45) is 0 Å². The van der Waals surface area contributed by atoms with Crippen molar-refractivity contribution in [1.29, 1.82) is 0 Å². The maximum Gasteiger partial charge on any atom is 0.241 e. The van der Waals surface area contributed by atoms with Crippen molar-refractivity contribution in [2.75, 3.05) is 17.4 Å². The molecule has 9 heteroatoms. The van der Waals surface area contributed by atoms with Crippen molar-refractivity contribution < 1.29 is 55.8 Å². The molecular weight excluding hydrogens is 493 g/mol. The second-order valence-electron chi connectivity index (χ2n) is 6.91. The number of hydrogen-bond donors (Lipinski definition) is 3. The summed E-state index contributed by atoms with van der Waals surface area (Å²) in [6, 6.07) is 13.4. The molecule has 1 radical (unpaired) electrons. The first-order chi connectivity index (χ1) is 14.2. The molecule has 1 unspecified atom stereocenters. The molecule has 0 aliphatic carbocycles. The van der Waals surface area contributed by atoms with Crippen LogP contribution in [-0.2, 0) is 52.1 Å². The number of carbonyl (C=O) groups excluding carboxylic acids is 1. The van der Waals surface area contributed by atoms with Crippen LogP contribution in [-0.4, -0.2) is 31.4 Å². The molecule has 0 aliphatic rings. The van der Waals surface area contributed by atoms with Crippen molar-refractivity contribution in [3.63, 3.8) is 0 Å². The van der Waals surface area contributed by atoms with Gasteiger partial charge in [-0.1, -0.05) is 30.8 Å². The number of phenolic OH excluding ortho intramolecular Hbond substituents is 1. The molecule has 0 saturated carbocycles. The smallest absolute Gasteiger partial charge is 0.241 e. The quantitative estimate of drug-likeness (QED) is 0.199. The fraction of sp³-hybridized carbons (Fsp3) is 0.318. The van der Waals surface area contributed by atoms with Crippen LogP contribution in [0.3, 0.4) is 0 Å². The number of sulfone groups is 1. The van der Waals surface area contributed by atoms with Crippen LogP contribution in [0.2, 0.25) is 0 Å². The summed E-state index contributed by atoms with van der Waals surface area (Å²) in [6.45, 7) is 7.49. The van der Waals surface area contributed by atoms with Crippen molar-refractivity contribution in [3.05, 3.63) is 59.9 Å². The van der Waals surface area contributed by atoms with Crippen molar-refractivity contribution in [3.8, 4) is 5.75 Å². The molecule has 3 N–H and O–H groups in total. The number of allylic oxidation sites excluding steroid dienone is 2. The van der Waals surface area contributed by atoms with Gasteiger partial charge in [0.2, 0.25) is 5.91 Å². The van der Waals surface area contributed by atoms with E-state index in [4.69, 9.17) is 4.74 Å². The van der Waals surface area contributed by atoms with E-state index in [0.29, 0.717) is 5.69 Å². The number of amides is 1. The number of nitrogens with one attached hydrogen (secondary N) is 2. The molecule has 0 aromatic heterocycles. The minimum Gasteiger partial charge on any atom is -0.531 e. The second-order valence-corrected chi connectivity index (χ2v) is 9.04. The Morgan fingerprint density at radius 2 is 1.84 bits per heavy atom. The second kappa shape index (κ2) is 12.2. The molecule has 0 bridgehead atoms. The largest absolute Gasteiger partial charge is 0.531 e. The molecule has 1 atom stereocenters. The molecule has 2 rings (SSSR count). The molecule has 2 aromatic rings. The first kappa shape index (κ1) is 27.1. The Labute approximate surface area is 209 Å². The van der Waals surface area contributed by atoms with Crippen molar-refractivity contribution in [2.45, 2.75) is 44.3 Å². The summed E-state index contributed by atoms with van der Waals surface area (Å²) < 4.78 is 31.1. The number of ether oxygens (including phenoxy) is 1. The zero-order valence-corrected chi connectivity index (χ0v) is 21.8. The minimum atomic E-state index is -3.84. The van der Waals surface area contributed by atoms with Crippen molar-refractivity contribution in [1.82, 2.24) is 0 Å². The molecule has 2 aromatic carbocycles. The predicted octanol–water partition coefficient (Wildman–Crippen LogP) is 4.08. The molecule has 7 nitrogen and oxygen atoms in total. The number of aromatic hydroxyl groups is 1. The van der Waals surface area contributed by atoms with Gasteiger partial charge in [0.25, 0.3) is 0 Å². The summed E-state index contributed by atoms with van der Waals surface area (Å²) in [6.07, 6.45) is 0.107. The summed E-state index contributed by atoms with van der Waals surface area (Å²) in [4.78, 5) is 12.7. The SMILES string of the molecule is CCC(C(=O)Nc1[c-]cc(NCOC(C)=C(C)C)c(O)c1)S(=O)(=O)c1ccccc1.[Y]. The number of hydrogen-bond acceptors (Lipinski definition) is 6. The van der Waals surface area contributed by atoms with Gasteiger partial charge in [0, 0.05) is 38.5 Å². The third-order valence-corrected chi connectivity index (χ3v) is 6.78. The van der Waals surface area contributed by atoms with Gasteiger partial charge in [-0.3, -0.25) is 4.79 Å². The first-order valence-corrected chi connectivity index (χ1v) is 11.1. The topological polar surface area (TPSA) is 105 Å². The Bertz CT molecular complexity index is 1020. The standard InChI is InChI=1S/C22H27N2O5S.Y/c1-5-21(30(27,28)18-9-7-6-8-10-18)22(26)24-17-11-12-19(20(25)13-17)23-14-29-16(4)15(2)3;/h6-10,12-13,21,23,25H,5,14H2,1-4H3,(H,24,26);/q-1;. The number of rotatable bonds is 9. The number of benzene rings is 2. The van der Waals surface area contributed by atoms with Gasteiger partial charge in [-0.25, -0.2) is 8.42 Å². The Balaban J connectivity index is 0.00000480. The van der Waals surface area contributed by atoms with Gasteiger partial charge >= 0.3 is 0 Å². The molecule has 0 aliphatic heterocycles. The molecule has 0 saturated heterocycles. The summed E-state index contributed by atoms with van der Waals surface area (Å²) in [5.74, 6) is -0.0261. The fourth-order valence-corrected chi connectivity index (χ4v) is 4.24. The zero-order chi connectivity index (χ0) is 22.3. The van der Waals surface area contributed by atoms with Crippen LogP contribution >= 0.6 is 0 Å². The molecular formula is C22H27N2O5SY-. The third kappa shape index (κ3) is 7.33. The maximum absolute atomic E-state index is 12.8. The molecule has 0 spiro atoms. The van der Waals surface area contributed by atoms with Gasteiger partial charge in [0.05, 0.1) is 10.7 Å². The molecule has 0 fully saturated rings. The summed E-state index contributed by atoms with van der Waals surface area (Å²) in [5, 5.41) is 14.4. The number of carbonyl (C=O) groups is 1. The van der Waals surface area contributed by atoms with Gasteiger partial charge in [0.15, 0.2) is 9.84 Å². The van der Waals surface area contributed by atoms with Crippen LogP contribution in [0.4, 0.5) is 11.4 Å². The maximum atomic E-state index is 12.8. The van der Waals surface area contributed by atoms with Crippen LogP contribution in [0.1, 0.15) is 34.1 Å². The zero-order valence-electron chi connectivity index (χ0n) is 18.1. The van der Waals surface area contributed by atoms with E-state index < -0.39 is 21.0 Å². The van der Waals surface area contributed by atoms with Crippen LogP contribution in [0.15, 0.2) is 58.7 Å². The van der Waals surface area contributed by atoms with E-state index in [9.17, 15) is 18.3 Å².